The number of ether oxygens (including phenoxy) is 2. The van der Waals surface area contributed by atoms with Crippen LogP contribution in [0.3, 0.4) is 0 Å². The van der Waals surface area contributed by atoms with E-state index in [-0.39, 0.29) is 24.3 Å². The van der Waals surface area contributed by atoms with Crippen LogP contribution in [0, 0.1) is 0 Å². The number of hydrogen-bond donors (Lipinski definition) is 1. The van der Waals surface area contributed by atoms with Gasteiger partial charge in [-0.15, -0.1) is 0 Å². The molecule has 0 spiro atoms. The van der Waals surface area contributed by atoms with E-state index in [4.69, 9.17) is 13.9 Å². The maximum atomic E-state index is 12.6. The number of benzene rings is 2. The second kappa shape index (κ2) is 9.26. The zero-order valence-electron chi connectivity index (χ0n) is 17.4. The number of hydrogen-bond acceptors (Lipinski definition) is 4. The SMILES string of the molecule is COc1ccc(OCc2ccc(C(=O)NC(C)c3cccc(-n4cccc4)c3)o2)cc1. The highest BCUT2D eigenvalue weighted by atomic mass is 16.5. The van der Waals surface area contributed by atoms with Crippen LogP contribution in [-0.4, -0.2) is 17.6 Å². The first-order valence-electron chi connectivity index (χ1n) is 10.0. The van der Waals surface area contributed by atoms with Crippen LogP contribution in [0.5, 0.6) is 11.5 Å². The van der Waals surface area contributed by atoms with Gasteiger partial charge in [0.15, 0.2) is 5.76 Å². The summed E-state index contributed by atoms with van der Waals surface area (Å²) < 4.78 is 18.5. The van der Waals surface area contributed by atoms with Crippen molar-refractivity contribution >= 4 is 5.91 Å². The average Bonchev–Trinajstić information content (AvgIpc) is 3.50. The molecule has 1 atom stereocenters. The van der Waals surface area contributed by atoms with Crippen molar-refractivity contribution in [2.45, 2.75) is 19.6 Å². The Morgan fingerprint density at radius 3 is 2.48 bits per heavy atom. The second-order valence-corrected chi connectivity index (χ2v) is 7.11. The van der Waals surface area contributed by atoms with Crippen molar-refractivity contribution in [2.24, 2.45) is 0 Å². The molecular formula is C25H24N2O4. The number of carbonyl (C=O) groups excluding carboxylic acids is 1. The maximum Gasteiger partial charge on any atom is 0.287 e. The monoisotopic (exact) mass is 416 g/mol. The summed E-state index contributed by atoms with van der Waals surface area (Å²) in [5.41, 5.74) is 2.05. The molecule has 1 unspecified atom stereocenters. The lowest BCUT2D eigenvalue weighted by molar-refractivity contribution is 0.0907. The molecule has 0 saturated carbocycles. The van der Waals surface area contributed by atoms with E-state index in [1.54, 1.807) is 19.2 Å². The largest absolute Gasteiger partial charge is 0.497 e. The Balaban J connectivity index is 1.35. The summed E-state index contributed by atoms with van der Waals surface area (Å²) in [5.74, 6) is 2.01. The molecule has 2 heterocycles. The molecule has 6 heteroatoms. The molecule has 31 heavy (non-hydrogen) atoms. The molecule has 6 nitrogen and oxygen atoms in total. The number of amides is 1. The van der Waals surface area contributed by atoms with Crippen LogP contribution < -0.4 is 14.8 Å². The fraction of sp³-hybridized carbons (Fsp3) is 0.160. The molecule has 0 bridgehead atoms. The summed E-state index contributed by atoms with van der Waals surface area (Å²) in [6.45, 7) is 2.18. The van der Waals surface area contributed by atoms with Gasteiger partial charge < -0.3 is 23.8 Å². The van der Waals surface area contributed by atoms with Gasteiger partial charge in [-0.05, 0) is 73.2 Å². The molecule has 2 aromatic carbocycles. The van der Waals surface area contributed by atoms with Gasteiger partial charge in [-0.2, -0.15) is 0 Å². The summed E-state index contributed by atoms with van der Waals surface area (Å²) >= 11 is 0. The van der Waals surface area contributed by atoms with Crippen molar-refractivity contribution in [3.05, 3.63) is 102 Å². The van der Waals surface area contributed by atoms with Crippen molar-refractivity contribution in [2.75, 3.05) is 7.11 Å². The number of furan rings is 1. The third-order valence-electron chi connectivity index (χ3n) is 4.95. The van der Waals surface area contributed by atoms with Crippen LogP contribution in [0.4, 0.5) is 0 Å². The van der Waals surface area contributed by atoms with E-state index in [0.717, 1.165) is 17.0 Å². The third-order valence-corrected chi connectivity index (χ3v) is 4.95. The van der Waals surface area contributed by atoms with Crippen molar-refractivity contribution in [3.63, 3.8) is 0 Å². The summed E-state index contributed by atoms with van der Waals surface area (Å²) in [6.07, 6.45) is 3.97. The number of nitrogens with one attached hydrogen (secondary N) is 1. The summed E-state index contributed by atoms with van der Waals surface area (Å²) in [5, 5.41) is 2.99. The Morgan fingerprint density at radius 2 is 1.74 bits per heavy atom. The Morgan fingerprint density at radius 1 is 1.00 bits per heavy atom. The quantitative estimate of drug-likeness (QED) is 0.431. The van der Waals surface area contributed by atoms with Gasteiger partial charge in [0, 0.05) is 18.1 Å². The fourth-order valence-electron chi connectivity index (χ4n) is 3.22. The number of nitrogens with zero attached hydrogens (tertiary/aromatic N) is 1. The standard InChI is InChI=1S/C25H24N2O4/c1-18(19-6-5-7-20(16-19)27-14-3-4-15-27)26-25(28)24-13-12-23(31-24)17-30-22-10-8-21(29-2)9-11-22/h3-16,18H,17H2,1-2H3,(H,26,28). The van der Waals surface area contributed by atoms with Crippen molar-refractivity contribution in [1.29, 1.82) is 0 Å². The molecule has 2 aromatic heterocycles. The van der Waals surface area contributed by atoms with Gasteiger partial charge in [0.25, 0.3) is 5.91 Å². The van der Waals surface area contributed by atoms with E-state index < -0.39 is 0 Å². The first-order chi connectivity index (χ1) is 15.1. The molecule has 1 amide bonds. The van der Waals surface area contributed by atoms with Crippen molar-refractivity contribution in [1.82, 2.24) is 9.88 Å². The predicted octanol–water partition coefficient (Wildman–Crippen LogP) is 5.15. The highest BCUT2D eigenvalue weighted by molar-refractivity contribution is 5.91. The Labute approximate surface area is 181 Å². The summed E-state index contributed by atoms with van der Waals surface area (Å²) in [4.78, 5) is 12.6. The van der Waals surface area contributed by atoms with E-state index in [9.17, 15) is 4.79 Å². The molecule has 0 aliphatic heterocycles. The van der Waals surface area contributed by atoms with Gasteiger partial charge >= 0.3 is 0 Å². The molecule has 4 rings (SSSR count). The number of rotatable bonds is 8. The lowest BCUT2D eigenvalue weighted by Gasteiger charge is -2.15. The molecule has 0 radical (unpaired) electrons. The molecule has 0 saturated heterocycles. The lowest BCUT2D eigenvalue weighted by atomic mass is 10.1. The predicted molar refractivity (Wildman–Crippen MR) is 118 cm³/mol. The highest BCUT2D eigenvalue weighted by Gasteiger charge is 2.16. The molecule has 1 N–H and O–H groups in total. The average molecular weight is 416 g/mol. The minimum atomic E-state index is -0.269. The third kappa shape index (κ3) is 4.98. The molecule has 0 aliphatic carbocycles. The van der Waals surface area contributed by atoms with Gasteiger partial charge in [0.05, 0.1) is 13.2 Å². The fourth-order valence-corrected chi connectivity index (χ4v) is 3.22. The number of methoxy groups -OCH3 is 1. The molecule has 158 valence electrons. The molecule has 0 fully saturated rings. The molecule has 4 aromatic rings. The Kier molecular flexibility index (Phi) is 6.08. The zero-order valence-corrected chi connectivity index (χ0v) is 17.4. The van der Waals surface area contributed by atoms with Gasteiger partial charge in [0.1, 0.15) is 23.9 Å². The van der Waals surface area contributed by atoms with Gasteiger partial charge in [-0.1, -0.05) is 12.1 Å². The number of aromatic nitrogens is 1. The van der Waals surface area contributed by atoms with E-state index in [2.05, 4.69) is 11.4 Å². The minimum Gasteiger partial charge on any atom is -0.497 e. The first-order valence-corrected chi connectivity index (χ1v) is 10.0. The van der Waals surface area contributed by atoms with Crippen LogP contribution in [0.25, 0.3) is 5.69 Å². The van der Waals surface area contributed by atoms with Crippen molar-refractivity contribution < 1.29 is 18.7 Å². The normalized spacial score (nSPS) is 11.7. The van der Waals surface area contributed by atoms with E-state index in [1.807, 2.05) is 78.5 Å². The van der Waals surface area contributed by atoms with E-state index >= 15 is 0 Å². The highest BCUT2D eigenvalue weighted by Crippen LogP contribution is 2.20. The Bertz CT molecular complexity index is 1130. The van der Waals surface area contributed by atoms with Crippen LogP contribution in [0.1, 0.15) is 34.8 Å². The second-order valence-electron chi connectivity index (χ2n) is 7.11. The molecule has 0 aliphatic rings. The first kappa shape index (κ1) is 20.3. The van der Waals surface area contributed by atoms with Crippen molar-refractivity contribution in [3.8, 4) is 17.2 Å². The smallest absolute Gasteiger partial charge is 0.287 e. The topological polar surface area (TPSA) is 65.6 Å². The van der Waals surface area contributed by atoms with E-state index in [0.29, 0.717) is 11.5 Å². The van der Waals surface area contributed by atoms with Crippen LogP contribution in [-0.2, 0) is 6.61 Å². The summed E-state index contributed by atoms with van der Waals surface area (Å²) in [6, 6.07) is 22.5. The maximum absolute atomic E-state index is 12.6. The zero-order chi connectivity index (χ0) is 21.6. The Hall–Kier alpha value is -3.93. The summed E-state index contributed by atoms with van der Waals surface area (Å²) in [7, 11) is 1.62. The van der Waals surface area contributed by atoms with Crippen LogP contribution in [0.2, 0.25) is 0 Å². The van der Waals surface area contributed by atoms with Gasteiger partial charge in [0.2, 0.25) is 0 Å². The molecular weight excluding hydrogens is 392 g/mol. The van der Waals surface area contributed by atoms with Crippen LogP contribution >= 0.6 is 0 Å². The van der Waals surface area contributed by atoms with E-state index in [1.165, 1.54) is 0 Å². The lowest BCUT2D eigenvalue weighted by Crippen LogP contribution is -2.26. The minimum absolute atomic E-state index is 0.174. The van der Waals surface area contributed by atoms with Gasteiger partial charge in [-0.25, -0.2) is 0 Å². The van der Waals surface area contributed by atoms with Gasteiger partial charge in [-0.3, -0.25) is 4.79 Å². The van der Waals surface area contributed by atoms with Crippen LogP contribution in [0.15, 0.2) is 89.6 Å². The number of carbonyl (C=O) groups is 1.